The highest BCUT2D eigenvalue weighted by Gasteiger charge is 2.40. The summed E-state index contributed by atoms with van der Waals surface area (Å²) >= 11 is 0. The second-order valence-corrected chi connectivity index (χ2v) is 17.7. The highest BCUT2D eigenvalue weighted by Crippen LogP contribution is 2.32. The topological polar surface area (TPSA) is 155 Å². The number of pyridine rings is 1. The van der Waals surface area contributed by atoms with E-state index in [4.69, 9.17) is 0 Å². The first kappa shape index (κ1) is 39.3. The van der Waals surface area contributed by atoms with Crippen molar-refractivity contribution in [2.75, 3.05) is 45.2 Å². The Hall–Kier alpha value is -4.40. The van der Waals surface area contributed by atoms with E-state index in [1.165, 1.54) is 4.31 Å². The van der Waals surface area contributed by atoms with Crippen molar-refractivity contribution >= 4 is 38.6 Å². The number of β-amino-alcohol motifs (C(OH)–C–C–N with tert-alkyl or cyclic N) is 1. The van der Waals surface area contributed by atoms with Crippen LogP contribution >= 0.6 is 0 Å². The van der Waals surface area contributed by atoms with Crippen molar-refractivity contribution in [1.29, 1.82) is 0 Å². The normalized spacial score (nSPS) is 20.6. The third kappa shape index (κ3) is 9.10. The molecule has 0 saturated carbocycles. The Morgan fingerprint density at radius 1 is 0.981 bits per heavy atom. The number of fused-ring (bicyclic) bond motifs is 2. The van der Waals surface area contributed by atoms with Crippen LogP contribution in [-0.2, 0) is 32.5 Å². The van der Waals surface area contributed by atoms with Crippen LogP contribution in [0.1, 0.15) is 49.9 Å². The minimum Gasteiger partial charge on any atom is -0.392 e. The van der Waals surface area contributed by atoms with Crippen molar-refractivity contribution in [3.63, 3.8) is 0 Å². The summed E-state index contributed by atoms with van der Waals surface area (Å²) in [6.45, 7) is 5.83. The summed E-state index contributed by atoms with van der Waals surface area (Å²) in [5.41, 5.74) is 2.90. The zero-order chi connectivity index (χ0) is 38.8. The predicted octanol–water partition coefficient (Wildman–Crippen LogP) is 3.27. The lowest BCUT2D eigenvalue weighted by Gasteiger charge is -2.41. The van der Waals surface area contributed by atoms with Crippen molar-refractivity contribution in [3.8, 4) is 0 Å². The maximum absolute atomic E-state index is 14.1. The highest BCUT2D eigenvalue weighted by atomic mass is 32.2. The van der Waals surface area contributed by atoms with Gasteiger partial charge in [0, 0.05) is 63.5 Å². The van der Waals surface area contributed by atoms with Crippen LogP contribution < -0.4 is 15.5 Å². The molecule has 6 rings (SSSR count). The van der Waals surface area contributed by atoms with Crippen molar-refractivity contribution in [3.05, 3.63) is 102 Å². The standard InChI is InChI=1S/C41H52N6O6S/c1-41(2,3)44-40(51)35-26-47(54(52,53)32-16-17-34-29(23-32)15-18-37(42-34)45(4)5)20-19-46(35)25-31(48)22-30(21-27-11-7-6-8-12-27)39(50)43-38-33-14-10-9-13-28(33)24-36(38)49/h6-18,23,30-31,35-36,38,48-49H,19-22,24-26H2,1-5H3,(H,43,50)(H,44,51)/t30-,31+,35+,36-,38+/m1/s1. The van der Waals surface area contributed by atoms with Gasteiger partial charge in [0.15, 0.2) is 0 Å². The molecule has 2 heterocycles. The van der Waals surface area contributed by atoms with Gasteiger partial charge >= 0.3 is 0 Å². The van der Waals surface area contributed by atoms with E-state index >= 15 is 0 Å². The molecule has 5 atom stereocenters. The molecule has 0 radical (unpaired) electrons. The van der Waals surface area contributed by atoms with Gasteiger partial charge in [-0.3, -0.25) is 14.5 Å². The molecule has 0 spiro atoms. The quantitative estimate of drug-likeness (QED) is 0.171. The molecule has 4 aromatic rings. The number of hydrogen-bond donors (Lipinski definition) is 4. The van der Waals surface area contributed by atoms with E-state index in [2.05, 4.69) is 15.6 Å². The predicted molar refractivity (Wildman–Crippen MR) is 209 cm³/mol. The molecular weight excluding hydrogens is 705 g/mol. The number of nitrogens with zero attached hydrogens (tertiary/aromatic N) is 4. The third-order valence-corrected chi connectivity index (χ3v) is 12.1. The van der Waals surface area contributed by atoms with Gasteiger partial charge in [0.1, 0.15) is 11.9 Å². The molecule has 13 heteroatoms. The zero-order valence-electron chi connectivity index (χ0n) is 31.6. The first-order valence-corrected chi connectivity index (χ1v) is 20.0. The Balaban J connectivity index is 1.20. The fraction of sp³-hybridized carbons (Fsp3) is 0.439. The SMILES string of the molecule is CN(C)c1ccc2cc(S(=O)(=O)N3CCN(C[C@@H](O)C[C@@H](Cc4ccccc4)C(=O)N[C@H]4c5ccccc5C[C@H]4O)[C@H](C(=O)NC(C)(C)C)C3)ccc2n1. The lowest BCUT2D eigenvalue weighted by atomic mass is 9.91. The second-order valence-electron chi connectivity index (χ2n) is 15.8. The third-order valence-electron chi connectivity index (χ3n) is 10.2. The van der Waals surface area contributed by atoms with Gasteiger partial charge < -0.3 is 25.7 Å². The number of aromatic nitrogens is 1. The molecule has 1 aromatic heterocycles. The molecule has 2 amide bonds. The number of carbonyl (C=O) groups is 2. The van der Waals surface area contributed by atoms with Crippen LogP contribution in [0.4, 0.5) is 5.82 Å². The van der Waals surface area contributed by atoms with Gasteiger partial charge in [-0.1, -0.05) is 54.6 Å². The number of sulfonamides is 1. The van der Waals surface area contributed by atoms with Gasteiger partial charge in [0.25, 0.3) is 0 Å². The lowest BCUT2D eigenvalue weighted by Crippen LogP contribution is -2.62. The van der Waals surface area contributed by atoms with E-state index in [1.54, 1.807) is 18.2 Å². The summed E-state index contributed by atoms with van der Waals surface area (Å²) in [4.78, 5) is 36.2. The van der Waals surface area contributed by atoms with E-state index in [0.29, 0.717) is 23.7 Å². The summed E-state index contributed by atoms with van der Waals surface area (Å²) in [6.07, 6.45) is -0.865. The van der Waals surface area contributed by atoms with Gasteiger partial charge in [-0.05, 0) is 80.6 Å². The number of anilines is 1. The van der Waals surface area contributed by atoms with Gasteiger partial charge in [-0.15, -0.1) is 0 Å². The van der Waals surface area contributed by atoms with Gasteiger partial charge in [0.2, 0.25) is 21.8 Å². The molecule has 1 aliphatic carbocycles. The zero-order valence-corrected chi connectivity index (χ0v) is 32.5. The fourth-order valence-electron chi connectivity index (χ4n) is 7.46. The number of benzene rings is 3. The minimum absolute atomic E-state index is 0.0550. The van der Waals surface area contributed by atoms with E-state index in [-0.39, 0.29) is 49.3 Å². The molecule has 1 aliphatic heterocycles. The van der Waals surface area contributed by atoms with Crippen LogP contribution in [0, 0.1) is 5.92 Å². The molecule has 0 bridgehead atoms. The smallest absolute Gasteiger partial charge is 0.243 e. The van der Waals surface area contributed by atoms with E-state index < -0.39 is 45.8 Å². The van der Waals surface area contributed by atoms with Crippen molar-refractivity contribution in [1.82, 2.24) is 24.8 Å². The van der Waals surface area contributed by atoms with E-state index in [0.717, 1.165) is 22.5 Å². The molecule has 3 aromatic carbocycles. The summed E-state index contributed by atoms with van der Waals surface area (Å²) < 4.78 is 29.5. The van der Waals surface area contributed by atoms with Gasteiger partial charge in [-0.25, -0.2) is 13.4 Å². The Kier molecular flexibility index (Phi) is 11.7. The van der Waals surface area contributed by atoms with E-state index in [9.17, 15) is 28.2 Å². The molecule has 2 aliphatic rings. The fourth-order valence-corrected chi connectivity index (χ4v) is 8.93. The molecule has 4 N–H and O–H groups in total. The molecule has 12 nitrogen and oxygen atoms in total. The molecule has 0 unspecified atom stereocenters. The van der Waals surface area contributed by atoms with E-state index in [1.807, 2.05) is 111 Å². The number of aliphatic hydroxyl groups is 2. The number of rotatable bonds is 12. The van der Waals surface area contributed by atoms with Crippen molar-refractivity contribution in [2.24, 2.45) is 5.92 Å². The Morgan fingerprint density at radius 2 is 1.70 bits per heavy atom. The van der Waals surface area contributed by atoms with Crippen molar-refractivity contribution < 1.29 is 28.2 Å². The summed E-state index contributed by atoms with van der Waals surface area (Å²) in [6, 6.07) is 24.3. The van der Waals surface area contributed by atoms with Crippen LogP contribution in [0.3, 0.4) is 0 Å². The number of aliphatic hydroxyl groups excluding tert-OH is 2. The van der Waals surface area contributed by atoms with Crippen LogP contribution in [0.5, 0.6) is 0 Å². The molecule has 54 heavy (non-hydrogen) atoms. The van der Waals surface area contributed by atoms with Gasteiger partial charge in [-0.2, -0.15) is 4.31 Å². The molecule has 1 fully saturated rings. The molecular formula is C41H52N6O6S. The number of amides is 2. The summed E-state index contributed by atoms with van der Waals surface area (Å²) in [5.74, 6) is -0.502. The average molecular weight is 757 g/mol. The maximum atomic E-state index is 14.1. The number of nitrogens with one attached hydrogen (secondary N) is 2. The van der Waals surface area contributed by atoms with Crippen LogP contribution in [0.15, 0.2) is 89.8 Å². The maximum Gasteiger partial charge on any atom is 0.243 e. The highest BCUT2D eigenvalue weighted by molar-refractivity contribution is 7.89. The number of hydrogen-bond acceptors (Lipinski definition) is 9. The van der Waals surface area contributed by atoms with Gasteiger partial charge in [0.05, 0.1) is 28.7 Å². The van der Waals surface area contributed by atoms with Crippen LogP contribution in [0.25, 0.3) is 10.9 Å². The largest absolute Gasteiger partial charge is 0.392 e. The Labute approximate surface area is 318 Å². The van der Waals surface area contributed by atoms with Crippen LogP contribution in [-0.4, -0.2) is 109 Å². The summed E-state index contributed by atoms with van der Waals surface area (Å²) in [5, 5.41) is 29.2. The molecule has 1 saturated heterocycles. The number of carbonyl (C=O) groups excluding carboxylic acids is 2. The Bertz CT molecular complexity index is 2070. The second kappa shape index (κ2) is 16.1. The number of piperazine rings is 1. The Morgan fingerprint density at radius 3 is 2.43 bits per heavy atom. The average Bonchev–Trinajstić information content (AvgIpc) is 3.44. The lowest BCUT2D eigenvalue weighted by molar-refractivity contribution is -0.131. The first-order chi connectivity index (χ1) is 25.6. The minimum atomic E-state index is -3.99. The summed E-state index contributed by atoms with van der Waals surface area (Å²) in [7, 11) is -0.213. The van der Waals surface area contributed by atoms with Crippen LogP contribution in [0.2, 0.25) is 0 Å². The monoisotopic (exact) mass is 756 g/mol. The first-order valence-electron chi connectivity index (χ1n) is 18.5. The molecule has 288 valence electrons. The van der Waals surface area contributed by atoms with Crippen molar-refractivity contribution in [2.45, 2.75) is 74.8 Å².